The number of halogens is 1. The summed E-state index contributed by atoms with van der Waals surface area (Å²) in [5.74, 6) is 1.08. The second-order valence-corrected chi connectivity index (χ2v) is 4.52. The van der Waals surface area contributed by atoms with Crippen LogP contribution in [0.3, 0.4) is 0 Å². The van der Waals surface area contributed by atoms with Crippen molar-refractivity contribution >= 4 is 17.4 Å². The quantitative estimate of drug-likeness (QED) is 0.819. The summed E-state index contributed by atoms with van der Waals surface area (Å²) in [6.07, 6.45) is 1.18. The van der Waals surface area contributed by atoms with Crippen molar-refractivity contribution < 1.29 is 14.6 Å². The van der Waals surface area contributed by atoms with E-state index in [0.717, 1.165) is 0 Å². The zero-order valence-electron chi connectivity index (χ0n) is 10.3. The van der Waals surface area contributed by atoms with Crippen LogP contribution in [0.4, 0.5) is 5.82 Å². The fourth-order valence-corrected chi connectivity index (χ4v) is 2.15. The van der Waals surface area contributed by atoms with Gasteiger partial charge in [0, 0.05) is 6.54 Å². The first-order chi connectivity index (χ1) is 8.67. The lowest BCUT2D eigenvalue weighted by atomic mass is 10.2. The highest BCUT2D eigenvalue weighted by molar-refractivity contribution is 6.31. The molecule has 1 aliphatic rings. The predicted octanol–water partition coefficient (Wildman–Crippen LogP) is 0.725. The van der Waals surface area contributed by atoms with Gasteiger partial charge in [-0.05, 0) is 6.92 Å². The summed E-state index contributed by atoms with van der Waals surface area (Å²) in [4.78, 5) is 10.1. The Balaban J connectivity index is 2.31. The molecule has 0 amide bonds. The maximum atomic E-state index is 9.18. The third-order valence-corrected chi connectivity index (χ3v) is 3.20. The molecule has 1 aromatic rings. The molecule has 18 heavy (non-hydrogen) atoms. The van der Waals surface area contributed by atoms with Gasteiger partial charge in [0.2, 0.25) is 0 Å². The van der Waals surface area contributed by atoms with Crippen molar-refractivity contribution in [3.8, 4) is 5.75 Å². The van der Waals surface area contributed by atoms with E-state index < -0.39 is 0 Å². The van der Waals surface area contributed by atoms with E-state index in [2.05, 4.69) is 9.97 Å². The summed E-state index contributed by atoms with van der Waals surface area (Å²) in [6, 6.07) is 0.132. The number of ether oxygens (including phenoxy) is 2. The lowest BCUT2D eigenvalue weighted by Crippen LogP contribution is -2.50. The van der Waals surface area contributed by atoms with Crippen molar-refractivity contribution in [2.75, 3.05) is 31.8 Å². The van der Waals surface area contributed by atoms with Crippen molar-refractivity contribution in [3.05, 3.63) is 11.5 Å². The van der Waals surface area contributed by atoms with Gasteiger partial charge in [0.25, 0.3) is 0 Å². The van der Waals surface area contributed by atoms with Crippen LogP contribution in [0.25, 0.3) is 0 Å². The molecular weight excluding hydrogens is 258 g/mol. The molecule has 0 bridgehead atoms. The summed E-state index contributed by atoms with van der Waals surface area (Å²) >= 11 is 5.98. The number of hydrogen-bond donors (Lipinski definition) is 1. The van der Waals surface area contributed by atoms with E-state index in [-0.39, 0.29) is 23.9 Å². The van der Waals surface area contributed by atoms with Crippen LogP contribution in [0.1, 0.15) is 6.92 Å². The minimum atomic E-state index is -0.223. The molecule has 0 aliphatic carbocycles. The van der Waals surface area contributed by atoms with Crippen LogP contribution in [0.2, 0.25) is 5.15 Å². The molecule has 2 atom stereocenters. The van der Waals surface area contributed by atoms with Crippen molar-refractivity contribution in [1.82, 2.24) is 9.97 Å². The average molecular weight is 274 g/mol. The molecule has 7 heteroatoms. The van der Waals surface area contributed by atoms with E-state index in [4.69, 9.17) is 21.1 Å². The van der Waals surface area contributed by atoms with Crippen LogP contribution in [-0.2, 0) is 4.74 Å². The Kier molecular flexibility index (Phi) is 4.21. The van der Waals surface area contributed by atoms with Gasteiger partial charge in [0.15, 0.2) is 16.7 Å². The zero-order chi connectivity index (χ0) is 13.1. The minimum Gasteiger partial charge on any atom is -0.490 e. The molecule has 1 aromatic heterocycles. The van der Waals surface area contributed by atoms with Crippen LogP contribution in [0, 0.1) is 0 Å². The summed E-state index contributed by atoms with van der Waals surface area (Å²) in [5.41, 5.74) is 0. The van der Waals surface area contributed by atoms with Crippen LogP contribution in [-0.4, -0.2) is 54.1 Å². The molecule has 0 radical (unpaired) electrons. The number of morpholine rings is 1. The second-order valence-electron chi connectivity index (χ2n) is 4.16. The van der Waals surface area contributed by atoms with Crippen molar-refractivity contribution in [1.29, 1.82) is 0 Å². The lowest BCUT2D eigenvalue weighted by molar-refractivity contribution is -0.0107. The van der Waals surface area contributed by atoms with E-state index in [1.807, 2.05) is 11.8 Å². The van der Waals surface area contributed by atoms with Gasteiger partial charge >= 0.3 is 0 Å². The fourth-order valence-electron chi connectivity index (χ4n) is 1.95. The molecule has 100 valence electrons. The third-order valence-electron chi connectivity index (χ3n) is 2.93. The maximum absolute atomic E-state index is 9.18. The van der Waals surface area contributed by atoms with E-state index >= 15 is 0 Å². The SMILES string of the molecule is COc1c(Cl)ncnc1N1CC(CO)OCC1C. The smallest absolute Gasteiger partial charge is 0.199 e. The van der Waals surface area contributed by atoms with Gasteiger partial charge in [-0.1, -0.05) is 11.6 Å². The van der Waals surface area contributed by atoms with E-state index in [0.29, 0.717) is 24.7 Å². The topological polar surface area (TPSA) is 67.7 Å². The molecule has 1 saturated heterocycles. The van der Waals surface area contributed by atoms with Gasteiger partial charge in [-0.2, -0.15) is 0 Å². The Hall–Kier alpha value is -1.11. The minimum absolute atomic E-state index is 0.0235. The van der Waals surface area contributed by atoms with Gasteiger partial charge in [0.05, 0.1) is 32.5 Å². The first-order valence-corrected chi connectivity index (χ1v) is 6.08. The van der Waals surface area contributed by atoms with Gasteiger partial charge < -0.3 is 19.5 Å². The van der Waals surface area contributed by atoms with Crippen LogP contribution < -0.4 is 9.64 Å². The summed E-state index contributed by atoms with van der Waals surface area (Å²) < 4.78 is 10.7. The molecular formula is C11H16ClN3O3. The van der Waals surface area contributed by atoms with Gasteiger partial charge in [-0.25, -0.2) is 9.97 Å². The Morgan fingerprint density at radius 1 is 1.61 bits per heavy atom. The van der Waals surface area contributed by atoms with Crippen LogP contribution in [0.15, 0.2) is 6.33 Å². The largest absolute Gasteiger partial charge is 0.490 e. The summed E-state index contributed by atoms with van der Waals surface area (Å²) in [7, 11) is 1.53. The highest BCUT2D eigenvalue weighted by Crippen LogP contribution is 2.33. The number of hydrogen-bond acceptors (Lipinski definition) is 6. The van der Waals surface area contributed by atoms with E-state index in [1.54, 1.807) is 0 Å². The van der Waals surface area contributed by atoms with Crippen LogP contribution >= 0.6 is 11.6 Å². The average Bonchev–Trinajstić information content (AvgIpc) is 2.39. The number of aromatic nitrogens is 2. The van der Waals surface area contributed by atoms with Gasteiger partial charge in [0.1, 0.15) is 6.33 Å². The fraction of sp³-hybridized carbons (Fsp3) is 0.636. The Morgan fingerprint density at radius 2 is 2.39 bits per heavy atom. The first kappa shape index (κ1) is 13.3. The number of methoxy groups -OCH3 is 1. The molecule has 1 aliphatic heterocycles. The second kappa shape index (κ2) is 5.69. The number of aliphatic hydroxyl groups excluding tert-OH is 1. The van der Waals surface area contributed by atoms with Crippen molar-refractivity contribution in [2.24, 2.45) is 0 Å². The highest BCUT2D eigenvalue weighted by Gasteiger charge is 2.29. The molecule has 0 spiro atoms. The lowest BCUT2D eigenvalue weighted by Gasteiger charge is -2.38. The summed E-state index contributed by atoms with van der Waals surface area (Å²) in [6.45, 7) is 3.06. The maximum Gasteiger partial charge on any atom is 0.199 e. The molecule has 1 fully saturated rings. The normalized spacial score (nSPS) is 24.1. The molecule has 2 rings (SSSR count). The Labute approximate surface area is 111 Å². The first-order valence-electron chi connectivity index (χ1n) is 5.71. The molecule has 6 nitrogen and oxygen atoms in total. The van der Waals surface area contributed by atoms with Crippen molar-refractivity contribution in [3.63, 3.8) is 0 Å². The van der Waals surface area contributed by atoms with Gasteiger partial charge in [-0.15, -0.1) is 0 Å². The summed E-state index contributed by atoms with van der Waals surface area (Å²) in [5, 5.41) is 9.46. The number of rotatable bonds is 3. The Morgan fingerprint density at radius 3 is 3.06 bits per heavy atom. The molecule has 0 aromatic carbocycles. The molecule has 2 unspecified atom stereocenters. The monoisotopic (exact) mass is 273 g/mol. The third kappa shape index (κ3) is 2.50. The molecule has 0 saturated carbocycles. The number of anilines is 1. The van der Waals surface area contributed by atoms with E-state index in [1.165, 1.54) is 13.4 Å². The predicted molar refractivity (Wildman–Crippen MR) is 67.2 cm³/mol. The zero-order valence-corrected chi connectivity index (χ0v) is 11.1. The van der Waals surface area contributed by atoms with Gasteiger partial charge in [-0.3, -0.25) is 0 Å². The standard InChI is InChI=1S/C11H16ClN3O3/c1-7-5-18-8(4-16)3-15(7)11-9(17-2)10(12)13-6-14-11/h6-8,16H,3-5H2,1-2H3. The van der Waals surface area contributed by atoms with Crippen LogP contribution in [0.5, 0.6) is 5.75 Å². The number of aliphatic hydroxyl groups is 1. The number of nitrogens with zero attached hydrogens (tertiary/aromatic N) is 3. The van der Waals surface area contributed by atoms with E-state index in [9.17, 15) is 5.11 Å². The molecule has 2 heterocycles. The van der Waals surface area contributed by atoms with Crippen molar-refractivity contribution in [2.45, 2.75) is 19.1 Å². The Bertz CT molecular complexity index is 419. The molecule has 1 N–H and O–H groups in total. The highest BCUT2D eigenvalue weighted by atomic mass is 35.5.